The van der Waals surface area contributed by atoms with Crippen molar-refractivity contribution in [3.05, 3.63) is 48.9 Å². The number of aromatic hydroxyl groups is 1. The van der Waals surface area contributed by atoms with Crippen molar-refractivity contribution in [3.8, 4) is 22.7 Å². The SMILES string of the molecule is CN(c1ncc(-c2ccc(-n3cccc3)cc2O)nn1)C1[C@H]2CNC[C@@H]12. The zero-order valence-corrected chi connectivity index (χ0v) is 14.4. The second-order valence-electron chi connectivity index (χ2n) is 7.02. The average Bonchev–Trinajstić information content (AvgIpc) is 3.07. The lowest BCUT2D eigenvalue weighted by Crippen LogP contribution is -2.31. The molecule has 3 aromatic rings. The smallest absolute Gasteiger partial charge is 0.245 e. The Morgan fingerprint density at radius 1 is 1.15 bits per heavy atom. The quantitative estimate of drug-likeness (QED) is 0.747. The summed E-state index contributed by atoms with van der Waals surface area (Å²) < 4.78 is 1.94. The molecule has 7 heteroatoms. The summed E-state index contributed by atoms with van der Waals surface area (Å²) in [6, 6.07) is 9.90. The maximum absolute atomic E-state index is 10.4. The predicted molar refractivity (Wildman–Crippen MR) is 98.3 cm³/mol. The van der Waals surface area contributed by atoms with Gasteiger partial charge in [-0.1, -0.05) is 0 Å². The third-order valence-electron chi connectivity index (χ3n) is 5.52. The van der Waals surface area contributed by atoms with Crippen molar-refractivity contribution in [2.45, 2.75) is 6.04 Å². The van der Waals surface area contributed by atoms with Crippen LogP contribution >= 0.6 is 0 Å². The largest absolute Gasteiger partial charge is 0.507 e. The molecule has 2 N–H and O–H groups in total. The summed E-state index contributed by atoms with van der Waals surface area (Å²) in [4.78, 5) is 6.60. The lowest BCUT2D eigenvalue weighted by atomic mass is 10.1. The highest BCUT2D eigenvalue weighted by Gasteiger charge is 2.55. The second kappa shape index (κ2) is 5.81. The minimum absolute atomic E-state index is 0.163. The summed E-state index contributed by atoms with van der Waals surface area (Å²) in [5.41, 5.74) is 2.08. The normalized spacial score (nSPS) is 23.7. The van der Waals surface area contributed by atoms with E-state index in [1.54, 1.807) is 12.3 Å². The fourth-order valence-electron chi connectivity index (χ4n) is 4.05. The fraction of sp³-hybridized carbons (Fsp3) is 0.316. The number of nitrogens with one attached hydrogen (secondary N) is 1. The Kier molecular flexibility index (Phi) is 3.43. The zero-order chi connectivity index (χ0) is 17.7. The van der Waals surface area contributed by atoms with Gasteiger partial charge in [0.05, 0.1) is 6.20 Å². The van der Waals surface area contributed by atoms with Crippen molar-refractivity contribution in [3.63, 3.8) is 0 Å². The van der Waals surface area contributed by atoms with Gasteiger partial charge in [-0.3, -0.25) is 0 Å². The van der Waals surface area contributed by atoms with Crippen LogP contribution in [0.3, 0.4) is 0 Å². The van der Waals surface area contributed by atoms with Crippen LogP contribution in [-0.4, -0.2) is 51.0 Å². The Morgan fingerprint density at radius 3 is 2.58 bits per heavy atom. The summed E-state index contributed by atoms with van der Waals surface area (Å²) in [6.45, 7) is 2.15. The molecule has 0 bridgehead atoms. The summed E-state index contributed by atoms with van der Waals surface area (Å²) >= 11 is 0. The number of piperidine rings is 1. The maximum atomic E-state index is 10.4. The number of phenols is 1. The predicted octanol–water partition coefficient (Wildman–Crippen LogP) is 1.69. The Bertz CT molecular complexity index is 914. The molecule has 1 saturated heterocycles. The van der Waals surface area contributed by atoms with Gasteiger partial charge in [0.15, 0.2) is 0 Å². The number of rotatable bonds is 4. The van der Waals surface area contributed by atoms with E-state index in [2.05, 4.69) is 25.4 Å². The molecule has 2 aromatic heterocycles. The number of fused-ring (bicyclic) bond motifs is 1. The van der Waals surface area contributed by atoms with E-state index < -0.39 is 0 Å². The molecule has 2 fully saturated rings. The third kappa shape index (κ3) is 2.43. The van der Waals surface area contributed by atoms with Crippen LogP contribution in [0.5, 0.6) is 5.75 Å². The number of anilines is 1. The van der Waals surface area contributed by atoms with E-state index in [9.17, 15) is 5.11 Å². The number of hydrogen-bond donors (Lipinski definition) is 2. The van der Waals surface area contributed by atoms with E-state index in [-0.39, 0.29) is 5.75 Å². The van der Waals surface area contributed by atoms with Crippen LogP contribution < -0.4 is 10.2 Å². The van der Waals surface area contributed by atoms with Gasteiger partial charge in [0, 0.05) is 55.9 Å². The van der Waals surface area contributed by atoms with E-state index in [1.807, 2.05) is 48.3 Å². The molecule has 0 radical (unpaired) electrons. The molecule has 0 amide bonds. The molecular weight excluding hydrogens is 328 g/mol. The molecule has 1 aromatic carbocycles. The van der Waals surface area contributed by atoms with Gasteiger partial charge in [-0.25, -0.2) is 4.98 Å². The van der Waals surface area contributed by atoms with Gasteiger partial charge < -0.3 is 19.9 Å². The minimum atomic E-state index is 0.163. The number of aromatic nitrogens is 4. The number of nitrogens with zero attached hydrogens (tertiary/aromatic N) is 5. The lowest BCUT2D eigenvalue weighted by molar-refractivity contribution is 0.476. The maximum Gasteiger partial charge on any atom is 0.245 e. The molecule has 3 heterocycles. The lowest BCUT2D eigenvalue weighted by Gasteiger charge is -2.18. The van der Waals surface area contributed by atoms with Crippen LogP contribution in [0.2, 0.25) is 0 Å². The molecular formula is C19H20N6O. The summed E-state index contributed by atoms with van der Waals surface area (Å²) in [5, 5.41) is 22.4. The van der Waals surface area contributed by atoms with Crippen LogP contribution in [0.25, 0.3) is 16.9 Å². The van der Waals surface area contributed by atoms with E-state index in [0.717, 1.165) is 18.8 Å². The molecule has 1 unspecified atom stereocenters. The Labute approximate surface area is 151 Å². The number of phenolic OH excluding ortho intramolecular Hbond substituents is 1. The van der Waals surface area contributed by atoms with E-state index >= 15 is 0 Å². The van der Waals surface area contributed by atoms with Gasteiger partial charge in [0.1, 0.15) is 11.4 Å². The number of benzene rings is 1. The summed E-state index contributed by atoms with van der Waals surface area (Å²) in [7, 11) is 2.03. The molecule has 5 rings (SSSR count). The zero-order valence-electron chi connectivity index (χ0n) is 14.4. The van der Waals surface area contributed by atoms with Crippen molar-refractivity contribution in [2.24, 2.45) is 11.8 Å². The molecule has 26 heavy (non-hydrogen) atoms. The second-order valence-corrected chi connectivity index (χ2v) is 7.02. The minimum Gasteiger partial charge on any atom is -0.507 e. The first-order valence-electron chi connectivity index (χ1n) is 8.82. The molecule has 1 saturated carbocycles. The Hall–Kier alpha value is -2.93. The van der Waals surface area contributed by atoms with Crippen LogP contribution in [0.4, 0.5) is 5.95 Å². The van der Waals surface area contributed by atoms with Gasteiger partial charge in [-0.2, -0.15) is 0 Å². The van der Waals surface area contributed by atoms with Gasteiger partial charge >= 0.3 is 0 Å². The van der Waals surface area contributed by atoms with Crippen LogP contribution in [0.1, 0.15) is 0 Å². The van der Waals surface area contributed by atoms with Crippen LogP contribution in [0.15, 0.2) is 48.9 Å². The highest BCUT2D eigenvalue weighted by molar-refractivity contribution is 5.68. The molecule has 7 nitrogen and oxygen atoms in total. The van der Waals surface area contributed by atoms with Crippen LogP contribution in [-0.2, 0) is 0 Å². The first-order chi connectivity index (χ1) is 12.7. The van der Waals surface area contributed by atoms with E-state index in [0.29, 0.717) is 35.1 Å². The summed E-state index contributed by atoms with van der Waals surface area (Å²) in [5.74, 6) is 2.20. The fourth-order valence-corrected chi connectivity index (χ4v) is 4.05. The van der Waals surface area contributed by atoms with Gasteiger partial charge in [-0.15, -0.1) is 10.2 Å². The van der Waals surface area contributed by atoms with Crippen molar-refractivity contribution in [1.82, 2.24) is 25.1 Å². The first-order valence-corrected chi connectivity index (χ1v) is 8.82. The third-order valence-corrected chi connectivity index (χ3v) is 5.52. The first kappa shape index (κ1) is 15.3. The number of hydrogen-bond acceptors (Lipinski definition) is 6. The van der Waals surface area contributed by atoms with Crippen molar-refractivity contribution < 1.29 is 5.11 Å². The van der Waals surface area contributed by atoms with Crippen molar-refractivity contribution in [2.75, 3.05) is 25.0 Å². The monoisotopic (exact) mass is 348 g/mol. The molecule has 1 aliphatic carbocycles. The van der Waals surface area contributed by atoms with Gasteiger partial charge in [-0.05, 0) is 36.1 Å². The van der Waals surface area contributed by atoms with Gasteiger partial charge in [0.2, 0.25) is 5.95 Å². The molecule has 0 spiro atoms. The Morgan fingerprint density at radius 2 is 1.92 bits per heavy atom. The summed E-state index contributed by atoms with van der Waals surface area (Å²) in [6.07, 6.45) is 5.55. The molecule has 2 aliphatic rings. The standard InChI is InChI=1S/C19H20N6O/c1-24(18-14-9-20-10-15(14)18)19-21-11-16(22-23-19)13-5-4-12(8-17(13)26)25-6-2-3-7-25/h2-8,11,14-15,18,20,26H,9-10H2,1H3/t14-,15+,18?. The molecule has 3 atom stereocenters. The van der Waals surface area contributed by atoms with Crippen molar-refractivity contribution >= 4 is 5.95 Å². The van der Waals surface area contributed by atoms with E-state index in [1.165, 1.54) is 0 Å². The van der Waals surface area contributed by atoms with E-state index in [4.69, 9.17) is 0 Å². The topological polar surface area (TPSA) is 79.1 Å². The molecule has 1 aliphatic heterocycles. The highest BCUT2D eigenvalue weighted by atomic mass is 16.3. The molecule has 132 valence electrons. The van der Waals surface area contributed by atoms with Crippen molar-refractivity contribution in [1.29, 1.82) is 0 Å². The van der Waals surface area contributed by atoms with Crippen LogP contribution in [0, 0.1) is 11.8 Å². The Balaban J connectivity index is 1.37. The average molecular weight is 348 g/mol. The van der Waals surface area contributed by atoms with Gasteiger partial charge in [0.25, 0.3) is 0 Å². The highest BCUT2D eigenvalue weighted by Crippen LogP contribution is 2.45.